The number of hydrogen-bond donors (Lipinski definition) is 1. The standard InChI is InChI=1S/C21H23NO2/c1-2-3-4-9-20-21-16(15-7-5-6-8-19(15)24-20)10-11-18-17(21)12-14(23)13-22-18/h5-8,10-11,17,22H,2-4,9,12-13H2,1H3. The van der Waals surface area contributed by atoms with Gasteiger partial charge in [0.05, 0.1) is 6.54 Å². The van der Waals surface area contributed by atoms with E-state index in [4.69, 9.17) is 4.74 Å². The predicted octanol–water partition coefficient (Wildman–Crippen LogP) is 4.37. The zero-order chi connectivity index (χ0) is 16.5. The zero-order valence-electron chi connectivity index (χ0n) is 14.1. The first-order chi connectivity index (χ1) is 11.8. The molecule has 1 N–H and O–H groups in total. The molecule has 0 spiro atoms. The van der Waals surface area contributed by atoms with Gasteiger partial charge in [-0.2, -0.15) is 0 Å². The highest BCUT2D eigenvalue weighted by atomic mass is 16.5. The van der Waals surface area contributed by atoms with Crippen LogP contribution in [0.15, 0.2) is 53.4 Å². The number of Topliss-reactive ketones (excluding diaryl/α,β-unsaturated/α-hetero) is 1. The second-order valence-corrected chi connectivity index (χ2v) is 6.74. The lowest BCUT2D eigenvalue weighted by atomic mass is 9.76. The Morgan fingerprint density at radius 1 is 1.21 bits per heavy atom. The van der Waals surface area contributed by atoms with Crippen molar-refractivity contribution in [3.8, 4) is 5.75 Å². The molecule has 0 radical (unpaired) electrons. The molecule has 0 saturated carbocycles. The molecule has 1 aromatic carbocycles. The van der Waals surface area contributed by atoms with Gasteiger partial charge in [0.1, 0.15) is 11.5 Å². The van der Waals surface area contributed by atoms with E-state index in [1.807, 2.05) is 18.2 Å². The largest absolute Gasteiger partial charge is 0.461 e. The van der Waals surface area contributed by atoms with Gasteiger partial charge in [0.15, 0.2) is 5.78 Å². The molecule has 0 amide bonds. The molecule has 3 aliphatic rings. The van der Waals surface area contributed by atoms with E-state index in [0.29, 0.717) is 13.0 Å². The minimum absolute atomic E-state index is 0.122. The van der Waals surface area contributed by atoms with E-state index in [1.165, 1.54) is 24.0 Å². The number of para-hydroxylation sites is 1. The number of nitrogens with one attached hydrogen (secondary N) is 1. The number of fused-ring (bicyclic) bond motifs is 5. The molecule has 2 aliphatic heterocycles. The van der Waals surface area contributed by atoms with Gasteiger partial charge < -0.3 is 10.1 Å². The van der Waals surface area contributed by atoms with E-state index in [-0.39, 0.29) is 11.7 Å². The van der Waals surface area contributed by atoms with Crippen molar-refractivity contribution in [1.82, 2.24) is 5.32 Å². The van der Waals surface area contributed by atoms with Crippen LogP contribution in [0.1, 0.15) is 44.6 Å². The third-order valence-corrected chi connectivity index (χ3v) is 5.08. The summed E-state index contributed by atoms with van der Waals surface area (Å²) in [6, 6.07) is 8.22. The number of rotatable bonds is 4. The molecule has 1 fully saturated rings. The average molecular weight is 321 g/mol. The number of ether oxygens (including phenoxy) is 1. The summed E-state index contributed by atoms with van der Waals surface area (Å²) in [7, 11) is 0. The van der Waals surface area contributed by atoms with Crippen LogP contribution in [0.2, 0.25) is 0 Å². The van der Waals surface area contributed by atoms with Crippen LogP contribution in [0.3, 0.4) is 0 Å². The molecule has 1 atom stereocenters. The normalized spacial score (nSPS) is 21.7. The molecule has 0 aromatic heterocycles. The summed E-state index contributed by atoms with van der Waals surface area (Å²) >= 11 is 0. The Morgan fingerprint density at radius 2 is 2.08 bits per heavy atom. The summed E-state index contributed by atoms with van der Waals surface area (Å²) in [6.07, 6.45) is 9.35. The van der Waals surface area contributed by atoms with Crippen molar-refractivity contribution < 1.29 is 9.53 Å². The number of piperidine rings is 1. The third kappa shape index (κ3) is 2.58. The summed E-state index contributed by atoms with van der Waals surface area (Å²) < 4.78 is 6.30. The van der Waals surface area contributed by atoms with Gasteiger partial charge >= 0.3 is 0 Å². The third-order valence-electron chi connectivity index (χ3n) is 5.08. The molecular formula is C21H23NO2. The first kappa shape index (κ1) is 15.3. The minimum atomic E-state index is 0.122. The highest BCUT2D eigenvalue weighted by Gasteiger charge is 2.36. The first-order valence-electron chi connectivity index (χ1n) is 8.96. The van der Waals surface area contributed by atoms with E-state index in [0.717, 1.165) is 35.6 Å². The van der Waals surface area contributed by atoms with E-state index in [9.17, 15) is 4.79 Å². The first-order valence-corrected chi connectivity index (χ1v) is 8.96. The Bertz CT molecular complexity index is 770. The molecule has 4 rings (SSSR count). The summed E-state index contributed by atoms with van der Waals surface area (Å²) in [4.78, 5) is 12.0. The highest BCUT2D eigenvalue weighted by Crippen LogP contribution is 2.47. The quantitative estimate of drug-likeness (QED) is 0.837. The molecule has 124 valence electrons. The molecular weight excluding hydrogens is 298 g/mol. The van der Waals surface area contributed by atoms with Gasteiger partial charge in [-0.3, -0.25) is 4.79 Å². The van der Waals surface area contributed by atoms with Crippen LogP contribution in [0, 0.1) is 5.92 Å². The SMILES string of the molecule is CCCCCC1=C2C(=CC=C3NCC(=O)CC32)c2ccccc2O1. The Kier molecular flexibility index (Phi) is 4.01. The second kappa shape index (κ2) is 6.31. The fourth-order valence-electron chi connectivity index (χ4n) is 3.88. The van der Waals surface area contributed by atoms with Gasteiger partial charge in [0.25, 0.3) is 0 Å². The van der Waals surface area contributed by atoms with Crippen molar-refractivity contribution in [3.63, 3.8) is 0 Å². The topological polar surface area (TPSA) is 38.3 Å². The predicted molar refractivity (Wildman–Crippen MR) is 95.4 cm³/mol. The maximum Gasteiger partial charge on any atom is 0.152 e. The molecule has 2 heterocycles. The van der Waals surface area contributed by atoms with Crippen molar-refractivity contribution in [2.75, 3.05) is 6.54 Å². The van der Waals surface area contributed by atoms with Crippen LogP contribution in [0.5, 0.6) is 5.75 Å². The van der Waals surface area contributed by atoms with E-state index in [2.05, 4.69) is 30.5 Å². The Balaban J connectivity index is 1.79. The summed E-state index contributed by atoms with van der Waals surface area (Å²) in [5.41, 5.74) is 4.75. The molecule has 1 aromatic rings. The number of carbonyl (C=O) groups is 1. The fourth-order valence-corrected chi connectivity index (χ4v) is 3.88. The van der Waals surface area contributed by atoms with Gasteiger partial charge in [-0.15, -0.1) is 0 Å². The smallest absolute Gasteiger partial charge is 0.152 e. The molecule has 24 heavy (non-hydrogen) atoms. The van der Waals surface area contributed by atoms with Crippen molar-refractivity contribution >= 4 is 11.4 Å². The van der Waals surface area contributed by atoms with Crippen LogP contribution in [-0.2, 0) is 4.79 Å². The number of ketones is 1. The van der Waals surface area contributed by atoms with Crippen LogP contribution >= 0.6 is 0 Å². The van der Waals surface area contributed by atoms with E-state index in [1.54, 1.807) is 0 Å². The van der Waals surface area contributed by atoms with Crippen molar-refractivity contribution in [3.05, 3.63) is 59.0 Å². The van der Waals surface area contributed by atoms with Crippen LogP contribution in [0.4, 0.5) is 0 Å². The number of unbranched alkanes of at least 4 members (excludes halogenated alkanes) is 2. The number of hydrogen-bond acceptors (Lipinski definition) is 3. The second-order valence-electron chi connectivity index (χ2n) is 6.74. The maximum atomic E-state index is 12.0. The number of carbonyl (C=O) groups excluding carboxylic acids is 1. The molecule has 0 bridgehead atoms. The van der Waals surface area contributed by atoms with Gasteiger partial charge in [0, 0.05) is 35.6 Å². The van der Waals surface area contributed by atoms with E-state index >= 15 is 0 Å². The van der Waals surface area contributed by atoms with Gasteiger partial charge in [-0.25, -0.2) is 0 Å². The zero-order valence-corrected chi connectivity index (χ0v) is 14.1. The van der Waals surface area contributed by atoms with Crippen LogP contribution < -0.4 is 10.1 Å². The van der Waals surface area contributed by atoms with Gasteiger partial charge in [-0.05, 0) is 24.1 Å². The fraction of sp³-hybridized carbons (Fsp3) is 0.381. The van der Waals surface area contributed by atoms with Crippen LogP contribution in [0.25, 0.3) is 5.57 Å². The molecule has 1 saturated heterocycles. The van der Waals surface area contributed by atoms with Crippen molar-refractivity contribution in [2.45, 2.75) is 39.0 Å². The van der Waals surface area contributed by atoms with Crippen molar-refractivity contribution in [2.24, 2.45) is 5.92 Å². The van der Waals surface area contributed by atoms with E-state index < -0.39 is 0 Å². The Hall–Kier alpha value is -2.29. The minimum Gasteiger partial charge on any atom is -0.461 e. The molecule has 1 unspecified atom stereocenters. The number of benzene rings is 1. The lowest BCUT2D eigenvalue weighted by Gasteiger charge is -2.36. The summed E-state index contributed by atoms with van der Waals surface area (Å²) in [6.45, 7) is 2.66. The van der Waals surface area contributed by atoms with Crippen LogP contribution in [-0.4, -0.2) is 12.3 Å². The lowest BCUT2D eigenvalue weighted by molar-refractivity contribution is -0.119. The average Bonchev–Trinajstić information content (AvgIpc) is 2.61. The Labute approximate surface area is 143 Å². The summed E-state index contributed by atoms with van der Waals surface area (Å²) in [5.74, 6) is 2.39. The highest BCUT2D eigenvalue weighted by molar-refractivity contribution is 5.91. The molecule has 1 aliphatic carbocycles. The monoisotopic (exact) mass is 321 g/mol. The molecule has 3 nitrogen and oxygen atoms in total. The maximum absolute atomic E-state index is 12.0. The van der Waals surface area contributed by atoms with Gasteiger partial charge in [-0.1, -0.05) is 44.0 Å². The summed E-state index contributed by atoms with van der Waals surface area (Å²) in [5, 5.41) is 3.29. The Morgan fingerprint density at radius 3 is 2.96 bits per heavy atom. The molecule has 3 heteroatoms. The lowest BCUT2D eigenvalue weighted by Crippen LogP contribution is -2.37. The van der Waals surface area contributed by atoms with Gasteiger partial charge in [0.2, 0.25) is 0 Å². The van der Waals surface area contributed by atoms with Crippen molar-refractivity contribution in [1.29, 1.82) is 0 Å². The number of allylic oxidation sites excluding steroid dienone is 5.